The molecule has 1 amide bonds. The van der Waals surface area contributed by atoms with Gasteiger partial charge in [0.25, 0.3) is 5.91 Å². The third-order valence-electron chi connectivity index (χ3n) is 3.37. The molecule has 0 saturated carbocycles. The van der Waals surface area contributed by atoms with Crippen molar-refractivity contribution in [3.05, 3.63) is 35.9 Å². The summed E-state index contributed by atoms with van der Waals surface area (Å²) in [5, 5.41) is 0. The molecule has 1 aliphatic heterocycles. The molecule has 112 valence electrons. The molecule has 1 aromatic rings. The highest BCUT2D eigenvalue weighted by Gasteiger charge is 2.31. The maximum atomic E-state index is 12.1. The van der Waals surface area contributed by atoms with E-state index in [-0.39, 0.29) is 11.9 Å². The molecule has 1 atom stereocenters. The van der Waals surface area contributed by atoms with Crippen LogP contribution in [0.25, 0.3) is 0 Å². The Morgan fingerprint density at radius 2 is 1.90 bits per heavy atom. The number of hydrogen-bond donors (Lipinski definition) is 0. The molecule has 2 rings (SSSR count). The predicted octanol–water partition coefficient (Wildman–Crippen LogP) is 0.530. The van der Waals surface area contributed by atoms with Crippen LogP contribution in [0.5, 0.6) is 0 Å². The molecule has 21 heavy (non-hydrogen) atoms. The van der Waals surface area contributed by atoms with Crippen LogP contribution in [-0.4, -0.2) is 55.5 Å². The maximum Gasteiger partial charge on any atom is 0.298 e. The second-order valence-corrected chi connectivity index (χ2v) is 7.02. The zero-order valence-corrected chi connectivity index (χ0v) is 12.9. The number of benzene rings is 1. The van der Waals surface area contributed by atoms with E-state index in [9.17, 15) is 13.2 Å². The topological polar surface area (TPSA) is 57.7 Å². The third-order valence-corrected chi connectivity index (χ3v) is 4.76. The number of piperazine rings is 1. The molecule has 0 aromatic heterocycles. The van der Waals surface area contributed by atoms with Gasteiger partial charge in [-0.2, -0.15) is 4.31 Å². The summed E-state index contributed by atoms with van der Waals surface area (Å²) in [6.45, 7) is 2.86. The normalized spacial score (nSPS) is 19.7. The van der Waals surface area contributed by atoms with E-state index in [0.717, 1.165) is 5.56 Å². The molecule has 1 aromatic carbocycles. The standard InChI is InChI=1S/C15H18N2O3S/c1-13-12-16(10-11-17(13)21(2,19)20)15(18)9-8-14-6-4-3-5-7-14/h3-7,13H,10-12H2,1-2H3/t13-/m0/s1. The summed E-state index contributed by atoms with van der Waals surface area (Å²) < 4.78 is 24.6. The second kappa shape index (κ2) is 6.29. The van der Waals surface area contributed by atoms with Gasteiger partial charge in [-0.05, 0) is 19.1 Å². The molecule has 0 N–H and O–H groups in total. The van der Waals surface area contributed by atoms with Crippen molar-refractivity contribution >= 4 is 15.9 Å². The number of carbonyl (C=O) groups excluding carboxylic acids is 1. The van der Waals surface area contributed by atoms with Gasteiger partial charge >= 0.3 is 0 Å². The van der Waals surface area contributed by atoms with Crippen molar-refractivity contribution in [3.63, 3.8) is 0 Å². The first kappa shape index (κ1) is 15.5. The molecule has 0 spiro atoms. The number of rotatable bonds is 1. The number of hydrogen-bond acceptors (Lipinski definition) is 3. The van der Waals surface area contributed by atoms with E-state index in [1.165, 1.54) is 10.6 Å². The molecule has 1 fully saturated rings. The maximum absolute atomic E-state index is 12.1. The second-order valence-electron chi connectivity index (χ2n) is 5.09. The Kier molecular flexibility index (Phi) is 4.66. The minimum Gasteiger partial charge on any atom is -0.329 e. The highest BCUT2D eigenvalue weighted by molar-refractivity contribution is 7.88. The molecule has 5 nitrogen and oxygen atoms in total. The van der Waals surface area contributed by atoms with Crippen LogP contribution in [0.2, 0.25) is 0 Å². The van der Waals surface area contributed by atoms with Gasteiger partial charge in [-0.3, -0.25) is 4.79 Å². The summed E-state index contributed by atoms with van der Waals surface area (Å²) in [7, 11) is -3.22. The highest BCUT2D eigenvalue weighted by atomic mass is 32.2. The van der Waals surface area contributed by atoms with Crippen molar-refractivity contribution in [1.29, 1.82) is 0 Å². The van der Waals surface area contributed by atoms with Crippen molar-refractivity contribution in [1.82, 2.24) is 9.21 Å². The fourth-order valence-corrected chi connectivity index (χ4v) is 3.48. The van der Waals surface area contributed by atoms with Crippen LogP contribution in [-0.2, 0) is 14.8 Å². The Hall–Kier alpha value is -1.84. The van der Waals surface area contributed by atoms with Crippen LogP contribution in [0.4, 0.5) is 0 Å². The Morgan fingerprint density at radius 3 is 2.48 bits per heavy atom. The summed E-state index contributed by atoms with van der Waals surface area (Å²) in [5.41, 5.74) is 0.786. The zero-order valence-electron chi connectivity index (χ0n) is 12.1. The highest BCUT2D eigenvalue weighted by Crippen LogP contribution is 2.13. The monoisotopic (exact) mass is 306 g/mol. The zero-order chi connectivity index (χ0) is 15.5. The minimum atomic E-state index is -3.22. The van der Waals surface area contributed by atoms with E-state index < -0.39 is 10.0 Å². The molecule has 0 radical (unpaired) electrons. The van der Waals surface area contributed by atoms with Crippen LogP contribution in [0, 0.1) is 11.8 Å². The SMILES string of the molecule is C[C@H]1CN(C(=O)C#Cc2ccccc2)CCN1S(C)(=O)=O. The lowest BCUT2D eigenvalue weighted by Crippen LogP contribution is -2.54. The third kappa shape index (κ3) is 4.06. The average Bonchev–Trinajstić information content (AvgIpc) is 2.44. The molecule has 0 unspecified atom stereocenters. The molecule has 0 bridgehead atoms. The van der Waals surface area contributed by atoms with E-state index in [4.69, 9.17) is 0 Å². The van der Waals surface area contributed by atoms with Gasteiger partial charge in [-0.15, -0.1) is 0 Å². The molecule has 1 saturated heterocycles. The number of sulfonamides is 1. The van der Waals surface area contributed by atoms with Gasteiger partial charge in [0.05, 0.1) is 6.26 Å². The van der Waals surface area contributed by atoms with Crippen molar-refractivity contribution in [3.8, 4) is 11.8 Å². The molecule has 1 aliphatic rings. The Labute approximate surface area is 125 Å². The first-order chi connectivity index (χ1) is 9.88. The van der Waals surface area contributed by atoms with Crippen molar-refractivity contribution in [2.75, 3.05) is 25.9 Å². The fraction of sp³-hybridized carbons (Fsp3) is 0.400. The smallest absolute Gasteiger partial charge is 0.298 e. The van der Waals surface area contributed by atoms with Gasteiger partial charge in [-0.1, -0.05) is 24.1 Å². The first-order valence-electron chi connectivity index (χ1n) is 6.71. The van der Waals surface area contributed by atoms with Crippen LogP contribution >= 0.6 is 0 Å². The van der Waals surface area contributed by atoms with E-state index in [0.29, 0.717) is 19.6 Å². The molecule has 0 aliphatic carbocycles. The fourth-order valence-electron chi connectivity index (χ4n) is 2.34. The van der Waals surface area contributed by atoms with Gasteiger partial charge in [0, 0.05) is 37.2 Å². The van der Waals surface area contributed by atoms with Crippen LogP contribution in [0.15, 0.2) is 30.3 Å². The average molecular weight is 306 g/mol. The van der Waals surface area contributed by atoms with Crippen LogP contribution in [0.3, 0.4) is 0 Å². The van der Waals surface area contributed by atoms with Crippen molar-refractivity contribution in [2.24, 2.45) is 0 Å². The van der Waals surface area contributed by atoms with Crippen LogP contribution < -0.4 is 0 Å². The first-order valence-corrected chi connectivity index (χ1v) is 8.55. The van der Waals surface area contributed by atoms with Gasteiger partial charge < -0.3 is 4.90 Å². The molecule has 6 heteroatoms. The van der Waals surface area contributed by atoms with E-state index >= 15 is 0 Å². The van der Waals surface area contributed by atoms with Gasteiger partial charge in [0.1, 0.15) is 0 Å². The molecule has 1 heterocycles. The summed E-state index contributed by atoms with van der Waals surface area (Å²) in [4.78, 5) is 13.7. The van der Waals surface area contributed by atoms with Gasteiger partial charge in [0.2, 0.25) is 10.0 Å². The van der Waals surface area contributed by atoms with Crippen LogP contribution in [0.1, 0.15) is 12.5 Å². The summed E-state index contributed by atoms with van der Waals surface area (Å²) in [6.07, 6.45) is 1.19. The van der Waals surface area contributed by atoms with E-state index in [1.807, 2.05) is 30.3 Å². The molecular weight excluding hydrogens is 288 g/mol. The quantitative estimate of drug-likeness (QED) is 0.711. The van der Waals surface area contributed by atoms with Crippen molar-refractivity contribution < 1.29 is 13.2 Å². The number of carbonyl (C=O) groups is 1. The Bertz CT molecular complexity index is 674. The molecular formula is C15H18N2O3S. The van der Waals surface area contributed by atoms with E-state index in [1.54, 1.807) is 11.8 Å². The lowest BCUT2D eigenvalue weighted by Gasteiger charge is -2.37. The predicted molar refractivity (Wildman–Crippen MR) is 80.9 cm³/mol. The number of nitrogens with zero attached hydrogens (tertiary/aromatic N) is 2. The summed E-state index contributed by atoms with van der Waals surface area (Å²) >= 11 is 0. The van der Waals surface area contributed by atoms with E-state index in [2.05, 4.69) is 11.8 Å². The summed E-state index contributed by atoms with van der Waals surface area (Å²) in [6, 6.07) is 9.06. The largest absolute Gasteiger partial charge is 0.329 e. The van der Waals surface area contributed by atoms with Gasteiger partial charge in [0.15, 0.2) is 0 Å². The summed E-state index contributed by atoms with van der Waals surface area (Å²) in [5.74, 6) is 5.17. The Balaban J connectivity index is 2.02. The number of amides is 1. The van der Waals surface area contributed by atoms with Crippen molar-refractivity contribution in [2.45, 2.75) is 13.0 Å². The van der Waals surface area contributed by atoms with Gasteiger partial charge in [-0.25, -0.2) is 8.42 Å². The minimum absolute atomic E-state index is 0.226. The Morgan fingerprint density at radius 1 is 1.24 bits per heavy atom. The lowest BCUT2D eigenvalue weighted by molar-refractivity contribution is -0.127. The lowest BCUT2D eigenvalue weighted by atomic mass is 10.2.